The number of anilines is 2. The van der Waals surface area contributed by atoms with Crippen LogP contribution in [0.3, 0.4) is 0 Å². The minimum absolute atomic E-state index is 0.304. The molecule has 0 aliphatic heterocycles. The van der Waals surface area contributed by atoms with Crippen molar-refractivity contribution in [3.8, 4) is 0 Å². The second-order valence-corrected chi connectivity index (χ2v) is 5.45. The lowest BCUT2D eigenvalue weighted by molar-refractivity contribution is 0.100. The lowest BCUT2D eigenvalue weighted by Crippen LogP contribution is -2.16. The number of halogens is 1. The van der Waals surface area contributed by atoms with E-state index in [-0.39, 0.29) is 0 Å². The number of nitrogens with one attached hydrogen (secondary N) is 1. The van der Waals surface area contributed by atoms with Crippen molar-refractivity contribution in [1.29, 1.82) is 0 Å². The first-order chi connectivity index (χ1) is 9.41. The number of hydrogen-bond donors (Lipinski definition) is 3. The van der Waals surface area contributed by atoms with Gasteiger partial charge in [0.25, 0.3) is 5.91 Å². The summed E-state index contributed by atoms with van der Waals surface area (Å²) in [5.41, 5.74) is 12.2. The Morgan fingerprint density at radius 1 is 1.45 bits per heavy atom. The minimum Gasteiger partial charge on any atom is -0.399 e. The molecule has 20 heavy (non-hydrogen) atoms. The molecule has 0 saturated heterocycles. The normalized spacial score (nSPS) is 10.8. The maximum Gasteiger partial charge on any atom is 0.250 e. The predicted octanol–water partition coefficient (Wildman–Crippen LogP) is 2.50. The topological polar surface area (TPSA) is 90.4 Å². The lowest BCUT2D eigenvalue weighted by Gasteiger charge is -2.13. The SMILES string of the molecule is CC(C)COCCCNc1c(Cl)cc(N)cc1C(N)=O. The molecule has 0 aliphatic rings. The Kier molecular flexibility index (Phi) is 6.61. The van der Waals surface area contributed by atoms with Crippen LogP contribution in [0.15, 0.2) is 12.1 Å². The van der Waals surface area contributed by atoms with E-state index in [1.807, 2.05) is 0 Å². The molecule has 1 rings (SSSR count). The zero-order valence-electron chi connectivity index (χ0n) is 11.9. The summed E-state index contributed by atoms with van der Waals surface area (Å²) in [6.07, 6.45) is 0.811. The van der Waals surface area contributed by atoms with E-state index in [0.29, 0.717) is 41.0 Å². The number of nitrogens with two attached hydrogens (primary N) is 2. The fraction of sp³-hybridized carbons (Fsp3) is 0.500. The Hall–Kier alpha value is -1.46. The van der Waals surface area contributed by atoms with Crippen LogP contribution in [0.4, 0.5) is 11.4 Å². The van der Waals surface area contributed by atoms with Crippen molar-refractivity contribution in [2.45, 2.75) is 20.3 Å². The van der Waals surface area contributed by atoms with Crippen molar-refractivity contribution in [1.82, 2.24) is 0 Å². The van der Waals surface area contributed by atoms with Crippen molar-refractivity contribution in [3.05, 3.63) is 22.7 Å². The first kappa shape index (κ1) is 16.6. The highest BCUT2D eigenvalue weighted by Crippen LogP contribution is 2.28. The van der Waals surface area contributed by atoms with E-state index in [0.717, 1.165) is 13.0 Å². The lowest BCUT2D eigenvalue weighted by atomic mass is 10.1. The Morgan fingerprint density at radius 2 is 2.15 bits per heavy atom. The Labute approximate surface area is 124 Å². The van der Waals surface area contributed by atoms with E-state index >= 15 is 0 Å². The minimum atomic E-state index is -0.558. The summed E-state index contributed by atoms with van der Waals surface area (Å²) < 4.78 is 5.48. The third-order valence-electron chi connectivity index (χ3n) is 2.60. The zero-order valence-corrected chi connectivity index (χ0v) is 12.7. The number of carbonyl (C=O) groups is 1. The number of ether oxygens (including phenoxy) is 1. The smallest absolute Gasteiger partial charge is 0.250 e. The Morgan fingerprint density at radius 3 is 2.75 bits per heavy atom. The number of primary amides is 1. The van der Waals surface area contributed by atoms with Gasteiger partial charge >= 0.3 is 0 Å². The number of carbonyl (C=O) groups excluding carboxylic acids is 1. The van der Waals surface area contributed by atoms with Crippen LogP contribution in [0.1, 0.15) is 30.6 Å². The molecule has 0 saturated carbocycles. The van der Waals surface area contributed by atoms with Gasteiger partial charge in [0.2, 0.25) is 0 Å². The molecule has 0 heterocycles. The molecule has 1 aromatic carbocycles. The molecule has 6 heteroatoms. The number of rotatable bonds is 8. The monoisotopic (exact) mass is 299 g/mol. The maximum absolute atomic E-state index is 11.4. The van der Waals surface area contributed by atoms with Gasteiger partial charge in [-0.25, -0.2) is 0 Å². The van der Waals surface area contributed by atoms with Crippen LogP contribution in [-0.2, 0) is 4.74 Å². The van der Waals surface area contributed by atoms with Crippen LogP contribution in [0.2, 0.25) is 5.02 Å². The average Bonchev–Trinajstić information content (AvgIpc) is 2.34. The summed E-state index contributed by atoms with van der Waals surface area (Å²) in [6.45, 7) is 6.25. The van der Waals surface area contributed by atoms with Crippen molar-refractivity contribution in [3.63, 3.8) is 0 Å². The molecule has 0 atom stereocenters. The highest BCUT2D eigenvalue weighted by molar-refractivity contribution is 6.34. The quantitative estimate of drug-likeness (QED) is 0.508. The van der Waals surface area contributed by atoms with Gasteiger partial charge in [0, 0.05) is 25.4 Å². The van der Waals surface area contributed by atoms with Gasteiger partial charge in [-0.1, -0.05) is 25.4 Å². The fourth-order valence-electron chi connectivity index (χ4n) is 1.71. The van der Waals surface area contributed by atoms with Crippen molar-refractivity contribution in [2.75, 3.05) is 30.8 Å². The van der Waals surface area contributed by atoms with E-state index < -0.39 is 5.91 Å². The van der Waals surface area contributed by atoms with Crippen molar-refractivity contribution in [2.24, 2.45) is 11.7 Å². The van der Waals surface area contributed by atoms with E-state index in [4.69, 9.17) is 27.8 Å². The molecule has 0 bridgehead atoms. The molecule has 0 radical (unpaired) electrons. The first-order valence-electron chi connectivity index (χ1n) is 6.62. The van der Waals surface area contributed by atoms with Crippen molar-refractivity contribution >= 4 is 28.9 Å². The van der Waals surface area contributed by atoms with Gasteiger partial charge in [-0.3, -0.25) is 4.79 Å². The average molecular weight is 300 g/mol. The molecular weight excluding hydrogens is 278 g/mol. The fourth-order valence-corrected chi connectivity index (χ4v) is 2.00. The summed E-state index contributed by atoms with van der Waals surface area (Å²) in [7, 11) is 0. The molecule has 112 valence electrons. The standard InChI is InChI=1S/C14H22ClN3O2/c1-9(2)8-20-5-3-4-18-13-11(14(17)19)6-10(16)7-12(13)15/h6-7,9,18H,3-5,8,16H2,1-2H3,(H2,17,19). The number of benzene rings is 1. The van der Waals surface area contributed by atoms with E-state index in [9.17, 15) is 4.79 Å². The summed E-state index contributed by atoms with van der Waals surface area (Å²) >= 11 is 6.08. The molecule has 0 spiro atoms. The van der Waals surface area contributed by atoms with Gasteiger partial charge < -0.3 is 21.5 Å². The Balaban J connectivity index is 2.53. The van der Waals surface area contributed by atoms with Crippen LogP contribution >= 0.6 is 11.6 Å². The molecule has 5 N–H and O–H groups in total. The first-order valence-corrected chi connectivity index (χ1v) is 7.00. The van der Waals surface area contributed by atoms with Gasteiger partial charge in [-0.05, 0) is 24.5 Å². The van der Waals surface area contributed by atoms with Crippen LogP contribution in [0.25, 0.3) is 0 Å². The maximum atomic E-state index is 11.4. The second-order valence-electron chi connectivity index (χ2n) is 5.04. The summed E-state index contributed by atoms with van der Waals surface area (Å²) in [5, 5.41) is 3.50. The molecule has 1 amide bonds. The predicted molar refractivity (Wildman–Crippen MR) is 83.1 cm³/mol. The van der Waals surface area contributed by atoms with Crippen LogP contribution in [-0.4, -0.2) is 25.7 Å². The largest absolute Gasteiger partial charge is 0.399 e. The third kappa shape index (κ3) is 5.27. The number of hydrogen-bond acceptors (Lipinski definition) is 4. The molecule has 0 unspecified atom stereocenters. The highest BCUT2D eigenvalue weighted by Gasteiger charge is 2.12. The van der Waals surface area contributed by atoms with Crippen LogP contribution in [0, 0.1) is 5.92 Å². The molecule has 0 aliphatic carbocycles. The molecular formula is C14H22ClN3O2. The second kappa shape index (κ2) is 7.97. The Bertz CT molecular complexity index is 464. The molecule has 0 aromatic heterocycles. The van der Waals surface area contributed by atoms with Gasteiger partial charge in [-0.15, -0.1) is 0 Å². The highest BCUT2D eigenvalue weighted by atomic mass is 35.5. The summed E-state index contributed by atoms with van der Waals surface area (Å²) in [5.74, 6) is -0.0336. The van der Waals surface area contributed by atoms with Gasteiger partial charge in [0.05, 0.1) is 16.3 Å². The van der Waals surface area contributed by atoms with Gasteiger partial charge in [-0.2, -0.15) is 0 Å². The summed E-state index contributed by atoms with van der Waals surface area (Å²) in [4.78, 5) is 11.4. The number of amides is 1. The van der Waals surface area contributed by atoms with E-state index in [1.54, 1.807) is 6.07 Å². The van der Waals surface area contributed by atoms with Crippen LogP contribution in [0.5, 0.6) is 0 Å². The number of nitrogen functional groups attached to an aromatic ring is 1. The molecule has 5 nitrogen and oxygen atoms in total. The van der Waals surface area contributed by atoms with Crippen LogP contribution < -0.4 is 16.8 Å². The molecule has 0 fully saturated rings. The van der Waals surface area contributed by atoms with E-state index in [1.165, 1.54) is 6.07 Å². The van der Waals surface area contributed by atoms with E-state index in [2.05, 4.69) is 19.2 Å². The van der Waals surface area contributed by atoms with Crippen molar-refractivity contribution < 1.29 is 9.53 Å². The summed E-state index contributed by atoms with van der Waals surface area (Å²) in [6, 6.07) is 3.11. The van der Waals surface area contributed by atoms with Gasteiger partial charge in [0.15, 0.2) is 0 Å². The molecule has 1 aromatic rings. The third-order valence-corrected chi connectivity index (χ3v) is 2.89. The zero-order chi connectivity index (χ0) is 15.1. The van der Waals surface area contributed by atoms with Gasteiger partial charge in [0.1, 0.15) is 0 Å².